The fourth-order valence-electron chi connectivity index (χ4n) is 5.83. The molecule has 0 N–H and O–H groups in total. The van der Waals surface area contributed by atoms with Crippen molar-refractivity contribution in [1.29, 1.82) is 0 Å². The van der Waals surface area contributed by atoms with Gasteiger partial charge in [-0.2, -0.15) is 35.3 Å². The van der Waals surface area contributed by atoms with Crippen molar-refractivity contribution in [1.82, 2.24) is 0 Å². The van der Waals surface area contributed by atoms with Crippen LogP contribution in [0.25, 0.3) is 0 Å². The molecule has 27 heavy (non-hydrogen) atoms. The van der Waals surface area contributed by atoms with Crippen LogP contribution in [0.1, 0.15) is 116 Å². The van der Waals surface area contributed by atoms with Crippen molar-refractivity contribution in [3.05, 3.63) is 0 Å². The maximum absolute atomic E-state index is 2.42. The van der Waals surface area contributed by atoms with Crippen LogP contribution in [0.3, 0.4) is 0 Å². The molecule has 0 aromatic carbocycles. The summed E-state index contributed by atoms with van der Waals surface area (Å²) >= 11 is 7.21. The minimum atomic E-state index is 1.00. The lowest BCUT2D eigenvalue weighted by Gasteiger charge is -2.35. The Bertz CT molecular complexity index is 360. The van der Waals surface area contributed by atoms with Gasteiger partial charge < -0.3 is 0 Å². The molecule has 0 aromatic heterocycles. The van der Waals surface area contributed by atoms with Gasteiger partial charge in [0.1, 0.15) is 0 Å². The molecule has 0 radical (unpaired) electrons. The van der Waals surface area contributed by atoms with Crippen LogP contribution in [0.15, 0.2) is 0 Å². The van der Waals surface area contributed by atoms with Crippen molar-refractivity contribution in [3.63, 3.8) is 0 Å². The quantitative estimate of drug-likeness (QED) is 0.418. The van der Waals surface area contributed by atoms with Gasteiger partial charge in [-0.3, -0.25) is 0 Å². The largest absolute Gasteiger partial charge is 0.155 e. The zero-order chi connectivity index (χ0) is 18.3. The van der Waals surface area contributed by atoms with E-state index >= 15 is 0 Å². The number of rotatable bonds is 6. The average molecular weight is 427 g/mol. The lowest BCUT2D eigenvalue weighted by molar-refractivity contribution is 0.490. The van der Waals surface area contributed by atoms with Gasteiger partial charge in [0, 0.05) is 31.5 Å². The maximum atomic E-state index is 2.42. The lowest BCUT2D eigenvalue weighted by Crippen LogP contribution is -2.26. The summed E-state index contributed by atoms with van der Waals surface area (Å²) in [5, 5.41) is 6.05. The molecule has 4 rings (SSSR count). The molecule has 0 nitrogen and oxygen atoms in total. The summed E-state index contributed by atoms with van der Waals surface area (Å²) in [6.07, 6.45) is 27.2. The first kappa shape index (κ1) is 21.3. The highest BCUT2D eigenvalue weighted by Gasteiger charge is 2.30. The maximum Gasteiger partial charge on any atom is 0.00506 e. The molecule has 0 unspecified atom stereocenters. The van der Waals surface area contributed by atoms with Crippen LogP contribution in [-0.4, -0.2) is 31.5 Å². The predicted molar refractivity (Wildman–Crippen MR) is 129 cm³/mol. The summed E-state index contributed by atoms with van der Waals surface area (Å²) in [7, 11) is 0. The standard InChI is InChI=1S/C24H42S3/c1-3-7-19(8-4-1)25-21-11-15-23(16-12-21)27-24-17-13-22(14-18-24)26-20-9-5-2-6-10-20/h19-24H,1-18H2. The van der Waals surface area contributed by atoms with Crippen molar-refractivity contribution >= 4 is 35.3 Å². The number of hydrogen-bond acceptors (Lipinski definition) is 3. The Balaban J connectivity index is 1.09. The first-order valence-corrected chi connectivity index (χ1v) is 15.1. The first-order valence-electron chi connectivity index (χ1n) is 12.3. The average Bonchev–Trinajstić information content (AvgIpc) is 2.73. The fraction of sp³-hybridized carbons (Fsp3) is 1.00. The molecule has 4 aliphatic carbocycles. The molecule has 0 heterocycles. The Labute approximate surface area is 181 Å². The van der Waals surface area contributed by atoms with Crippen molar-refractivity contribution in [3.8, 4) is 0 Å². The van der Waals surface area contributed by atoms with Gasteiger partial charge in [-0.1, -0.05) is 38.5 Å². The van der Waals surface area contributed by atoms with Crippen LogP contribution in [0.2, 0.25) is 0 Å². The van der Waals surface area contributed by atoms with Crippen LogP contribution in [0, 0.1) is 0 Å². The summed E-state index contributed by atoms with van der Waals surface area (Å²) < 4.78 is 0. The molecule has 4 fully saturated rings. The van der Waals surface area contributed by atoms with E-state index in [1.165, 1.54) is 116 Å². The minimum Gasteiger partial charge on any atom is -0.155 e. The van der Waals surface area contributed by atoms with Gasteiger partial charge in [0.15, 0.2) is 0 Å². The lowest BCUT2D eigenvalue weighted by atomic mass is 9.99. The molecule has 4 aliphatic rings. The summed E-state index contributed by atoms with van der Waals surface area (Å²) in [6.45, 7) is 0. The first-order chi connectivity index (χ1) is 13.3. The summed E-state index contributed by atoms with van der Waals surface area (Å²) in [4.78, 5) is 0. The predicted octanol–water partition coefficient (Wildman–Crippen LogP) is 8.47. The summed E-state index contributed by atoms with van der Waals surface area (Å²) in [5.41, 5.74) is 0. The second-order valence-electron chi connectivity index (χ2n) is 9.73. The van der Waals surface area contributed by atoms with Crippen molar-refractivity contribution in [2.75, 3.05) is 0 Å². The Morgan fingerprint density at radius 1 is 0.259 bits per heavy atom. The van der Waals surface area contributed by atoms with Gasteiger partial charge in [-0.15, -0.1) is 0 Å². The highest BCUT2D eigenvalue weighted by molar-refractivity contribution is 8.01. The van der Waals surface area contributed by atoms with Crippen LogP contribution < -0.4 is 0 Å². The fourth-order valence-corrected chi connectivity index (χ4v) is 10.8. The third-order valence-electron chi connectivity index (χ3n) is 7.50. The van der Waals surface area contributed by atoms with Gasteiger partial charge in [0.05, 0.1) is 0 Å². The van der Waals surface area contributed by atoms with Crippen molar-refractivity contribution < 1.29 is 0 Å². The summed E-state index contributed by atoms with van der Waals surface area (Å²) in [5.74, 6) is 0. The molecule has 3 heteroatoms. The second-order valence-corrected chi connectivity index (χ2v) is 14.5. The SMILES string of the molecule is C1CCC(SC2CCC(SC3CCC(SC4CCCCC4)CC3)CC2)CC1. The second kappa shape index (κ2) is 11.4. The topological polar surface area (TPSA) is 0 Å². The van der Waals surface area contributed by atoms with Gasteiger partial charge in [-0.25, -0.2) is 0 Å². The van der Waals surface area contributed by atoms with E-state index in [0.29, 0.717) is 0 Å². The van der Waals surface area contributed by atoms with E-state index in [1.54, 1.807) is 0 Å². The van der Waals surface area contributed by atoms with Crippen LogP contribution in [-0.2, 0) is 0 Å². The molecule has 0 atom stereocenters. The highest BCUT2D eigenvalue weighted by Crippen LogP contribution is 2.44. The minimum absolute atomic E-state index is 1.00. The van der Waals surface area contributed by atoms with Gasteiger partial charge in [0.2, 0.25) is 0 Å². The van der Waals surface area contributed by atoms with E-state index < -0.39 is 0 Å². The Hall–Kier alpha value is 1.05. The van der Waals surface area contributed by atoms with E-state index in [0.717, 1.165) is 31.5 Å². The molecular weight excluding hydrogens is 384 g/mol. The molecule has 0 bridgehead atoms. The monoisotopic (exact) mass is 426 g/mol. The van der Waals surface area contributed by atoms with E-state index in [9.17, 15) is 0 Å². The Morgan fingerprint density at radius 3 is 0.741 bits per heavy atom. The van der Waals surface area contributed by atoms with E-state index in [-0.39, 0.29) is 0 Å². The molecule has 156 valence electrons. The number of thioether (sulfide) groups is 3. The third kappa shape index (κ3) is 7.06. The number of hydrogen-bond donors (Lipinski definition) is 0. The van der Waals surface area contributed by atoms with E-state index in [2.05, 4.69) is 35.3 Å². The van der Waals surface area contributed by atoms with Crippen LogP contribution in [0.5, 0.6) is 0 Å². The van der Waals surface area contributed by atoms with Gasteiger partial charge >= 0.3 is 0 Å². The molecule has 0 aromatic rings. The van der Waals surface area contributed by atoms with Crippen molar-refractivity contribution in [2.45, 2.75) is 147 Å². The zero-order valence-corrected chi connectivity index (χ0v) is 19.9. The normalized spacial score (nSPS) is 37.3. The highest BCUT2D eigenvalue weighted by atomic mass is 32.2. The smallest absolute Gasteiger partial charge is 0.00506 e. The molecule has 0 saturated heterocycles. The van der Waals surface area contributed by atoms with Crippen LogP contribution in [0.4, 0.5) is 0 Å². The van der Waals surface area contributed by atoms with E-state index in [1.807, 2.05) is 0 Å². The molecule has 4 saturated carbocycles. The third-order valence-corrected chi connectivity index (χ3v) is 12.6. The van der Waals surface area contributed by atoms with E-state index in [4.69, 9.17) is 0 Å². The molecule has 0 amide bonds. The zero-order valence-electron chi connectivity index (χ0n) is 17.4. The van der Waals surface area contributed by atoms with Gasteiger partial charge in [-0.05, 0) is 77.0 Å². The summed E-state index contributed by atoms with van der Waals surface area (Å²) in [6, 6.07) is 0. The Kier molecular flexibility index (Phi) is 9.02. The van der Waals surface area contributed by atoms with Crippen LogP contribution >= 0.6 is 35.3 Å². The van der Waals surface area contributed by atoms with Gasteiger partial charge in [0.25, 0.3) is 0 Å². The molecule has 0 spiro atoms. The molecular formula is C24H42S3. The molecule has 0 aliphatic heterocycles. The Morgan fingerprint density at radius 2 is 0.481 bits per heavy atom. The van der Waals surface area contributed by atoms with Crippen molar-refractivity contribution in [2.24, 2.45) is 0 Å².